The SMILES string of the molecule is C=CC1CC(C=CC)C(C(F)(F)C(F)(F)C(F)(F)C(F)(F)C(F)(F)C(F)(F)F)C1. The summed E-state index contributed by atoms with van der Waals surface area (Å²) in [6.07, 6.45) is -5.65. The molecule has 29 heavy (non-hydrogen) atoms. The highest BCUT2D eigenvalue weighted by Crippen LogP contribution is 2.63. The summed E-state index contributed by atoms with van der Waals surface area (Å²) >= 11 is 0. The van der Waals surface area contributed by atoms with Crippen molar-refractivity contribution in [3.8, 4) is 0 Å². The van der Waals surface area contributed by atoms with E-state index in [1.807, 2.05) is 0 Å². The van der Waals surface area contributed by atoms with Crippen LogP contribution in [0.3, 0.4) is 0 Å². The molecule has 0 aromatic heterocycles. The molecule has 0 aromatic carbocycles. The summed E-state index contributed by atoms with van der Waals surface area (Å²) < 4.78 is 173. The molecular formula is C16H15F13. The molecule has 1 rings (SSSR count). The third kappa shape index (κ3) is 3.62. The molecule has 1 aliphatic carbocycles. The molecule has 0 saturated heterocycles. The van der Waals surface area contributed by atoms with E-state index in [9.17, 15) is 57.1 Å². The fourth-order valence-electron chi connectivity index (χ4n) is 3.19. The quantitative estimate of drug-likeness (QED) is 0.284. The zero-order chi connectivity index (χ0) is 23.3. The lowest BCUT2D eigenvalue weighted by Crippen LogP contribution is -2.71. The Hall–Kier alpha value is -1.43. The molecule has 0 radical (unpaired) electrons. The molecule has 0 nitrogen and oxygen atoms in total. The van der Waals surface area contributed by atoms with Crippen LogP contribution in [-0.4, -0.2) is 35.8 Å². The lowest BCUT2D eigenvalue weighted by atomic mass is 9.82. The van der Waals surface area contributed by atoms with Crippen molar-refractivity contribution in [3.05, 3.63) is 24.8 Å². The third-order valence-electron chi connectivity index (χ3n) is 4.84. The molecule has 1 saturated carbocycles. The third-order valence-corrected chi connectivity index (χ3v) is 4.84. The Kier molecular flexibility index (Phi) is 6.50. The van der Waals surface area contributed by atoms with E-state index < -0.39 is 60.0 Å². The van der Waals surface area contributed by atoms with E-state index in [2.05, 4.69) is 6.58 Å². The zero-order valence-corrected chi connectivity index (χ0v) is 14.5. The first-order valence-corrected chi connectivity index (χ1v) is 7.95. The average Bonchev–Trinajstić information content (AvgIpc) is 2.97. The van der Waals surface area contributed by atoms with E-state index in [0.717, 1.165) is 18.2 Å². The topological polar surface area (TPSA) is 0 Å². The van der Waals surface area contributed by atoms with Crippen LogP contribution >= 0.6 is 0 Å². The number of rotatable bonds is 7. The standard InChI is InChI=1S/C16H15F13/c1-3-5-9-6-8(4-2)7-10(9)11(17,18)12(19,20)13(21,22)14(23,24)15(25,26)16(27,28)29/h3-5,8-10H,2,6-7H2,1H3. The van der Waals surface area contributed by atoms with E-state index in [-0.39, 0.29) is 6.42 Å². The van der Waals surface area contributed by atoms with E-state index in [0.29, 0.717) is 0 Å². The predicted octanol–water partition coefficient (Wildman–Crippen LogP) is 7.13. The second kappa shape index (κ2) is 7.36. The van der Waals surface area contributed by atoms with Crippen LogP contribution in [0.25, 0.3) is 0 Å². The summed E-state index contributed by atoms with van der Waals surface area (Å²) in [4.78, 5) is 0. The number of halogens is 13. The van der Waals surface area contributed by atoms with Gasteiger partial charge in [0.1, 0.15) is 0 Å². The molecule has 0 amide bonds. The van der Waals surface area contributed by atoms with Gasteiger partial charge in [0.25, 0.3) is 0 Å². The van der Waals surface area contributed by atoms with Crippen molar-refractivity contribution >= 4 is 0 Å². The first kappa shape index (κ1) is 25.6. The predicted molar refractivity (Wildman–Crippen MR) is 75.5 cm³/mol. The van der Waals surface area contributed by atoms with Crippen LogP contribution < -0.4 is 0 Å². The highest BCUT2D eigenvalue weighted by molar-refractivity contribution is 5.14. The fraction of sp³-hybridized carbons (Fsp3) is 0.750. The van der Waals surface area contributed by atoms with Crippen molar-refractivity contribution < 1.29 is 57.1 Å². The van der Waals surface area contributed by atoms with Crippen molar-refractivity contribution in [1.29, 1.82) is 0 Å². The second-order valence-electron chi connectivity index (χ2n) is 6.68. The molecule has 170 valence electrons. The van der Waals surface area contributed by atoms with E-state index in [1.165, 1.54) is 6.92 Å². The molecule has 3 unspecified atom stereocenters. The van der Waals surface area contributed by atoms with Gasteiger partial charge >= 0.3 is 35.8 Å². The number of hydrogen-bond acceptors (Lipinski definition) is 0. The molecule has 0 spiro atoms. The lowest BCUT2D eigenvalue weighted by Gasteiger charge is -2.42. The average molecular weight is 454 g/mol. The Bertz CT molecular complexity index is 629. The normalized spacial score (nSPS) is 25.7. The van der Waals surface area contributed by atoms with Crippen molar-refractivity contribution in [2.75, 3.05) is 0 Å². The largest absolute Gasteiger partial charge is 0.460 e. The van der Waals surface area contributed by atoms with E-state index in [1.54, 1.807) is 0 Å². The van der Waals surface area contributed by atoms with Gasteiger partial charge < -0.3 is 0 Å². The number of hydrogen-bond donors (Lipinski definition) is 0. The minimum atomic E-state index is -7.86. The molecule has 0 aromatic rings. The van der Waals surface area contributed by atoms with Gasteiger partial charge in [-0.15, -0.1) is 6.58 Å². The van der Waals surface area contributed by atoms with Gasteiger partial charge in [-0.3, -0.25) is 0 Å². The molecular weight excluding hydrogens is 439 g/mol. The maximum Gasteiger partial charge on any atom is 0.460 e. The van der Waals surface area contributed by atoms with Crippen LogP contribution in [0.2, 0.25) is 0 Å². The Morgan fingerprint density at radius 2 is 1.14 bits per heavy atom. The van der Waals surface area contributed by atoms with Gasteiger partial charge in [0.15, 0.2) is 0 Å². The van der Waals surface area contributed by atoms with Crippen LogP contribution in [-0.2, 0) is 0 Å². The monoisotopic (exact) mass is 454 g/mol. The Morgan fingerprint density at radius 3 is 1.52 bits per heavy atom. The number of allylic oxidation sites excluding steroid dienone is 3. The molecule has 3 atom stereocenters. The summed E-state index contributed by atoms with van der Waals surface area (Å²) in [7, 11) is 0. The Morgan fingerprint density at radius 1 is 0.690 bits per heavy atom. The molecule has 0 aliphatic heterocycles. The van der Waals surface area contributed by atoms with E-state index >= 15 is 0 Å². The minimum absolute atomic E-state index is 0.315. The fourth-order valence-corrected chi connectivity index (χ4v) is 3.19. The van der Waals surface area contributed by atoms with Crippen LogP contribution in [0.1, 0.15) is 19.8 Å². The molecule has 13 heteroatoms. The Labute approximate surface area is 156 Å². The number of alkyl halides is 13. The summed E-state index contributed by atoms with van der Waals surface area (Å²) in [5.41, 5.74) is 0. The van der Waals surface area contributed by atoms with Crippen molar-refractivity contribution in [3.63, 3.8) is 0 Å². The van der Waals surface area contributed by atoms with Gasteiger partial charge in [-0.1, -0.05) is 18.2 Å². The molecule has 1 aliphatic rings. The van der Waals surface area contributed by atoms with E-state index in [4.69, 9.17) is 0 Å². The zero-order valence-electron chi connectivity index (χ0n) is 14.5. The van der Waals surface area contributed by atoms with Gasteiger partial charge in [-0.2, -0.15) is 57.1 Å². The molecule has 0 N–H and O–H groups in total. The van der Waals surface area contributed by atoms with Crippen LogP contribution in [0.5, 0.6) is 0 Å². The van der Waals surface area contributed by atoms with Crippen molar-refractivity contribution in [1.82, 2.24) is 0 Å². The van der Waals surface area contributed by atoms with Gasteiger partial charge in [0, 0.05) is 5.92 Å². The molecule has 0 heterocycles. The van der Waals surface area contributed by atoms with Crippen LogP contribution in [0, 0.1) is 17.8 Å². The van der Waals surface area contributed by atoms with Crippen molar-refractivity contribution in [2.45, 2.75) is 55.6 Å². The van der Waals surface area contributed by atoms with Gasteiger partial charge in [-0.05, 0) is 31.6 Å². The summed E-state index contributed by atoms with van der Waals surface area (Å²) in [6, 6.07) is 0. The van der Waals surface area contributed by atoms with Crippen LogP contribution in [0.4, 0.5) is 57.1 Å². The first-order valence-electron chi connectivity index (χ1n) is 7.95. The lowest BCUT2D eigenvalue weighted by molar-refractivity contribution is -0.443. The second-order valence-corrected chi connectivity index (χ2v) is 6.68. The summed E-state index contributed by atoms with van der Waals surface area (Å²) in [5, 5.41) is 0. The minimum Gasteiger partial charge on any atom is -0.199 e. The molecule has 1 fully saturated rings. The highest BCUT2D eigenvalue weighted by atomic mass is 19.4. The maximum atomic E-state index is 14.3. The smallest absolute Gasteiger partial charge is 0.199 e. The van der Waals surface area contributed by atoms with Crippen molar-refractivity contribution in [2.24, 2.45) is 17.8 Å². The van der Waals surface area contributed by atoms with Gasteiger partial charge in [0.2, 0.25) is 0 Å². The Balaban J connectivity index is 3.51. The first-order chi connectivity index (χ1) is 12.7. The maximum absolute atomic E-state index is 14.3. The van der Waals surface area contributed by atoms with Crippen LogP contribution in [0.15, 0.2) is 24.8 Å². The molecule has 0 bridgehead atoms. The summed E-state index contributed by atoms with van der Waals surface area (Å²) in [5.74, 6) is -41.8. The van der Waals surface area contributed by atoms with Gasteiger partial charge in [-0.25, -0.2) is 0 Å². The summed E-state index contributed by atoms with van der Waals surface area (Å²) in [6.45, 7) is 4.47. The van der Waals surface area contributed by atoms with Gasteiger partial charge in [0.05, 0.1) is 0 Å². The highest BCUT2D eigenvalue weighted by Gasteiger charge is 2.91.